The maximum absolute atomic E-state index is 10.6. The van der Waals surface area contributed by atoms with Gasteiger partial charge in [-0.1, -0.05) is 12.1 Å². The van der Waals surface area contributed by atoms with Crippen LogP contribution in [0.4, 0.5) is 0 Å². The van der Waals surface area contributed by atoms with Crippen LogP contribution in [0.1, 0.15) is 25.5 Å². The Morgan fingerprint density at radius 3 is 2.24 bits per heavy atom. The van der Waals surface area contributed by atoms with E-state index in [1.165, 1.54) is 0 Å². The molecule has 5 nitrogen and oxygen atoms in total. The van der Waals surface area contributed by atoms with E-state index in [4.69, 9.17) is 15.6 Å². The van der Waals surface area contributed by atoms with Gasteiger partial charge in [0.1, 0.15) is 17.9 Å². The Labute approximate surface area is 99.8 Å². The van der Waals surface area contributed by atoms with Gasteiger partial charge in [0.15, 0.2) is 0 Å². The highest BCUT2D eigenvalue weighted by Gasteiger charge is 2.23. The van der Waals surface area contributed by atoms with Crippen LogP contribution in [0.25, 0.3) is 0 Å². The molecule has 0 aromatic heterocycles. The number of carboxylic acids is 1. The second-order valence-electron chi connectivity index (χ2n) is 4.04. The summed E-state index contributed by atoms with van der Waals surface area (Å²) < 4.78 is 5.43. The van der Waals surface area contributed by atoms with Gasteiger partial charge < -0.3 is 20.7 Å². The molecule has 2 unspecified atom stereocenters. The summed E-state index contributed by atoms with van der Waals surface area (Å²) in [7, 11) is 0. The van der Waals surface area contributed by atoms with Crippen LogP contribution < -0.4 is 10.5 Å². The van der Waals surface area contributed by atoms with Crippen molar-refractivity contribution in [3.8, 4) is 5.75 Å². The molecule has 0 aliphatic rings. The van der Waals surface area contributed by atoms with Crippen LogP contribution in [0.3, 0.4) is 0 Å². The van der Waals surface area contributed by atoms with Crippen molar-refractivity contribution in [2.75, 3.05) is 0 Å². The summed E-state index contributed by atoms with van der Waals surface area (Å²) in [6.07, 6.45) is -1.16. The minimum atomic E-state index is -1.33. The second kappa shape index (κ2) is 5.65. The molecule has 94 valence electrons. The minimum Gasteiger partial charge on any atom is -0.491 e. The molecule has 0 aliphatic heterocycles. The van der Waals surface area contributed by atoms with E-state index in [-0.39, 0.29) is 6.10 Å². The molecule has 0 saturated carbocycles. The van der Waals surface area contributed by atoms with Crippen molar-refractivity contribution < 1.29 is 19.7 Å². The van der Waals surface area contributed by atoms with Crippen molar-refractivity contribution in [2.24, 2.45) is 5.73 Å². The zero-order chi connectivity index (χ0) is 13.0. The first-order valence-corrected chi connectivity index (χ1v) is 5.35. The number of hydrogen-bond donors (Lipinski definition) is 3. The third-order valence-electron chi connectivity index (χ3n) is 2.22. The van der Waals surface area contributed by atoms with E-state index in [1.807, 2.05) is 13.8 Å². The van der Waals surface area contributed by atoms with Gasteiger partial charge in [0.2, 0.25) is 0 Å². The summed E-state index contributed by atoms with van der Waals surface area (Å²) in [6.45, 7) is 3.81. The number of rotatable bonds is 5. The molecule has 1 rings (SSSR count). The lowest BCUT2D eigenvalue weighted by molar-refractivity contribution is -0.141. The summed E-state index contributed by atoms with van der Waals surface area (Å²) in [4.78, 5) is 10.6. The van der Waals surface area contributed by atoms with Gasteiger partial charge in [0, 0.05) is 0 Å². The topological polar surface area (TPSA) is 92.8 Å². The molecule has 1 aromatic rings. The fraction of sp³-hybridized carbons (Fsp3) is 0.417. The van der Waals surface area contributed by atoms with Gasteiger partial charge in [-0.25, -0.2) is 0 Å². The first kappa shape index (κ1) is 13.5. The highest BCUT2D eigenvalue weighted by molar-refractivity contribution is 5.74. The van der Waals surface area contributed by atoms with Gasteiger partial charge in [-0.05, 0) is 31.5 Å². The number of aliphatic carboxylic acids is 1. The average molecular weight is 239 g/mol. The van der Waals surface area contributed by atoms with E-state index < -0.39 is 18.1 Å². The van der Waals surface area contributed by atoms with E-state index in [1.54, 1.807) is 24.3 Å². The third kappa shape index (κ3) is 3.72. The van der Waals surface area contributed by atoms with Crippen LogP contribution >= 0.6 is 0 Å². The maximum atomic E-state index is 10.6. The molecule has 0 heterocycles. The Kier molecular flexibility index (Phi) is 4.48. The molecule has 0 radical (unpaired) electrons. The first-order chi connectivity index (χ1) is 7.91. The number of hydrogen-bond acceptors (Lipinski definition) is 4. The lowest BCUT2D eigenvalue weighted by Crippen LogP contribution is -2.36. The Bertz CT molecular complexity index is 375. The fourth-order valence-corrected chi connectivity index (χ4v) is 1.36. The monoisotopic (exact) mass is 239 g/mol. The second-order valence-corrected chi connectivity index (χ2v) is 4.04. The summed E-state index contributed by atoms with van der Waals surface area (Å²) >= 11 is 0. The third-order valence-corrected chi connectivity index (χ3v) is 2.22. The molecule has 5 heteroatoms. The zero-order valence-corrected chi connectivity index (χ0v) is 9.83. The molecule has 0 bridgehead atoms. The minimum absolute atomic E-state index is 0.0621. The van der Waals surface area contributed by atoms with Crippen molar-refractivity contribution in [3.63, 3.8) is 0 Å². The Balaban J connectivity index is 2.76. The number of aliphatic hydroxyl groups is 1. The number of carbonyl (C=O) groups is 1. The van der Waals surface area contributed by atoms with Crippen molar-refractivity contribution in [1.29, 1.82) is 0 Å². The Morgan fingerprint density at radius 1 is 1.29 bits per heavy atom. The van der Waals surface area contributed by atoms with Crippen LogP contribution in [0.15, 0.2) is 24.3 Å². The number of aliphatic hydroxyl groups excluding tert-OH is 1. The van der Waals surface area contributed by atoms with E-state index in [0.717, 1.165) is 0 Å². The van der Waals surface area contributed by atoms with E-state index in [0.29, 0.717) is 11.3 Å². The summed E-state index contributed by atoms with van der Waals surface area (Å²) in [5.74, 6) is -0.570. The van der Waals surface area contributed by atoms with E-state index in [2.05, 4.69) is 0 Å². The van der Waals surface area contributed by atoms with Crippen LogP contribution in [-0.2, 0) is 4.79 Å². The van der Waals surface area contributed by atoms with E-state index in [9.17, 15) is 9.90 Å². The average Bonchev–Trinajstić information content (AvgIpc) is 2.27. The number of nitrogens with two attached hydrogens (primary N) is 1. The molecule has 17 heavy (non-hydrogen) atoms. The highest BCUT2D eigenvalue weighted by atomic mass is 16.5. The largest absolute Gasteiger partial charge is 0.491 e. The maximum Gasteiger partial charge on any atom is 0.323 e. The summed E-state index contributed by atoms with van der Waals surface area (Å²) in [5, 5.41) is 18.4. The summed E-state index contributed by atoms with van der Waals surface area (Å²) in [5.41, 5.74) is 5.78. The smallest absolute Gasteiger partial charge is 0.323 e. The first-order valence-electron chi connectivity index (χ1n) is 5.35. The fourth-order valence-electron chi connectivity index (χ4n) is 1.36. The molecule has 0 aliphatic carbocycles. The zero-order valence-electron chi connectivity index (χ0n) is 9.83. The lowest BCUT2D eigenvalue weighted by atomic mass is 10.0. The molecule has 0 fully saturated rings. The van der Waals surface area contributed by atoms with Crippen LogP contribution in [-0.4, -0.2) is 28.3 Å². The van der Waals surface area contributed by atoms with Gasteiger partial charge in [0.25, 0.3) is 0 Å². The molecule has 4 N–H and O–H groups in total. The number of benzene rings is 1. The molecule has 0 amide bonds. The van der Waals surface area contributed by atoms with Crippen LogP contribution in [0.5, 0.6) is 5.75 Å². The predicted octanol–water partition coefficient (Wildman–Crippen LogP) is 0.919. The Hall–Kier alpha value is -1.59. The van der Waals surface area contributed by atoms with Crippen LogP contribution in [0, 0.1) is 0 Å². The van der Waals surface area contributed by atoms with Crippen LogP contribution in [0.2, 0.25) is 0 Å². The molecule has 0 saturated heterocycles. The van der Waals surface area contributed by atoms with E-state index >= 15 is 0 Å². The van der Waals surface area contributed by atoms with Crippen molar-refractivity contribution in [1.82, 2.24) is 0 Å². The van der Waals surface area contributed by atoms with Gasteiger partial charge in [-0.3, -0.25) is 4.79 Å². The Morgan fingerprint density at radius 2 is 1.82 bits per heavy atom. The molecule has 2 atom stereocenters. The standard InChI is InChI=1S/C12H17NO4/c1-7(2)17-9-5-3-8(4-6-9)11(14)10(13)12(15)16/h3-7,10-11,14H,13H2,1-2H3,(H,15,16). The molecular formula is C12H17NO4. The SMILES string of the molecule is CC(C)Oc1ccc(C(O)C(N)C(=O)O)cc1. The summed E-state index contributed by atoms with van der Waals surface area (Å²) in [6, 6.07) is 5.23. The quantitative estimate of drug-likeness (QED) is 0.710. The van der Waals surface area contributed by atoms with Gasteiger partial charge >= 0.3 is 5.97 Å². The molecular weight excluding hydrogens is 222 g/mol. The molecule has 1 aromatic carbocycles. The van der Waals surface area contributed by atoms with Crippen molar-refractivity contribution in [2.45, 2.75) is 32.1 Å². The van der Waals surface area contributed by atoms with Crippen molar-refractivity contribution in [3.05, 3.63) is 29.8 Å². The van der Waals surface area contributed by atoms with Gasteiger partial charge in [0.05, 0.1) is 6.10 Å². The number of ether oxygens (including phenoxy) is 1. The lowest BCUT2D eigenvalue weighted by Gasteiger charge is -2.16. The highest BCUT2D eigenvalue weighted by Crippen LogP contribution is 2.20. The van der Waals surface area contributed by atoms with Crippen molar-refractivity contribution >= 4 is 5.97 Å². The predicted molar refractivity (Wildman–Crippen MR) is 62.8 cm³/mol. The van der Waals surface area contributed by atoms with Gasteiger partial charge in [-0.2, -0.15) is 0 Å². The molecule has 0 spiro atoms. The number of carboxylic acid groups (broad SMARTS) is 1. The normalized spacial score (nSPS) is 14.4. The van der Waals surface area contributed by atoms with Gasteiger partial charge in [-0.15, -0.1) is 0 Å².